The number of thiophene rings is 1. The molecule has 1 fully saturated rings. The number of carbonyl (C=O) groups excluding carboxylic acids is 1. The number of aryl methyl sites for hydroxylation is 2. The van der Waals surface area contributed by atoms with Crippen molar-refractivity contribution in [2.24, 2.45) is 5.92 Å². The molecule has 5 heterocycles. The number of rotatable bonds is 2. The van der Waals surface area contributed by atoms with E-state index >= 15 is 0 Å². The number of fused-ring (bicyclic) bond motifs is 2. The Bertz CT molecular complexity index is 989. The van der Waals surface area contributed by atoms with E-state index in [0.29, 0.717) is 6.54 Å². The second-order valence-corrected chi connectivity index (χ2v) is 8.46. The molecule has 9 heteroatoms. The number of amides is 1. The predicted molar refractivity (Wildman–Crippen MR) is 103 cm³/mol. The summed E-state index contributed by atoms with van der Waals surface area (Å²) in [7, 11) is 0. The molecule has 27 heavy (non-hydrogen) atoms. The second-order valence-electron chi connectivity index (χ2n) is 7.22. The summed E-state index contributed by atoms with van der Waals surface area (Å²) >= 11 is 1.69. The Morgan fingerprint density at radius 2 is 2.07 bits per heavy atom. The highest BCUT2D eigenvalue weighted by molar-refractivity contribution is 7.18. The van der Waals surface area contributed by atoms with Gasteiger partial charge in [-0.1, -0.05) is 0 Å². The van der Waals surface area contributed by atoms with Crippen molar-refractivity contribution in [2.75, 3.05) is 31.1 Å². The zero-order chi connectivity index (χ0) is 18.4. The van der Waals surface area contributed by atoms with Crippen molar-refractivity contribution >= 4 is 33.3 Å². The van der Waals surface area contributed by atoms with Gasteiger partial charge in [0, 0.05) is 44.0 Å². The van der Waals surface area contributed by atoms with Gasteiger partial charge in [-0.2, -0.15) is 0 Å². The minimum absolute atomic E-state index is 0.0327. The Labute approximate surface area is 160 Å². The molecule has 0 bridgehead atoms. The maximum atomic E-state index is 13.0. The fraction of sp³-hybridized carbons (Fsp3) is 0.500. The van der Waals surface area contributed by atoms with Crippen LogP contribution < -0.4 is 4.90 Å². The molecule has 3 aromatic heterocycles. The maximum Gasteiger partial charge on any atom is 0.227 e. The summed E-state index contributed by atoms with van der Waals surface area (Å²) in [5, 5.41) is 9.17. The summed E-state index contributed by atoms with van der Waals surface area (Å²) in [4.78, 5) is 28.4. The molecule has 0 N–H and O–H groups in total. The van der Waals surface area contributed by atoms with Crippen molar-refractivity contribution in [1.29, 1.82) is 0 Å². The summed E-state index contributed by atoms with van der Waals surface area (Å²) in [6.45, 7) is 5.87. The molecule has 8 nitrogen and oxygen atoms in total. The van der Waals surface area contributed by atoms with Crippen LogP contribution in [0, 0.1) is 12.8 Å². The molecule has 140 valence electrons. The zero-order valence-electron chi connectivity index (χ0n) is 15.2. The lowest BCUT2D eigenvalue weighted by atomic mass is 9.97. The summed E-state index contributed by atoms with van der Waals surface area (Å²) in [5.74, 6) is 2.27. The third-order valence-electron chi connectivity index (χ3n) is 5.50. The van der Waals surface area contributed by atoms with Gasteiger partial charge in [-0.25, -0.2) is 9.97 Å². The highest BCUT2D eigenvalue weighted by Gasteiger charge is 2.31. The molecule has 1 unspecified atom stereocenters. The highest BCUT2D eigenvalue weighted by Crippen LogP contribution is 2.30. The third-order valence-corrected chi connectivity index (χ3v) is 6.46. The van der Waals surface area contributed by atoms with E-state index in [-0.39, 0.29) is 11.8 Å². The van der Waals surface area contributed by atoms with Crippen LogP contribution in [-0.2, 0) is 17.8 Å². The molecule has 2 aliphatic rings. The standard InChI is InChI=1S/C18H21N7OS/c1-12-8-14-16(19-10-20-17(14)27-12)23-4-6-24(7-5-23)18(26)13-2-3-15-22-21-11-25(15)9-13/h8,10-11,13H,2-7,9H2,1H3. The van der Waals surface area contributed by atoms with Gasteiger partial charge in [0.25, 0.3) is 0 Å². The average Bonchev–Trinajstić information content (AvgIpc) is 3.31. The Morgan fingerprint density at radius 3 is 2.93 bits per heavy atom. The Kier molecular flexibility index (Phi) is 4.04. The molecule has 1 atom stereocenters. The SMILES string of the molecule is Cc1cc2c(N3CCN(C(=O)C4CCc5nncn5C4)CC3)ncnc2s1. The maximum absolute atomic E-state index is 13.0. The minimum atomic E-state index is 0.0327. The first-order chi connectivity index (χ1) is 13.2. The van der Waals surface area contributed by atoms with Gasteiger partial charge in [-0.05, 0) is 19.4 Å². The van der Waals surface area contributed by atoms with Gasteiger partial charge in [0.1, 0.15) is 29.1 Å². The van der Waals surface area contributed by atoms with E-state index in [4.69, 9.17) is 0 Å². The van der Waals surface area contributed by atoms with Crippen LogP contribution >= 0.6 is 11.3 Å². The van der Waals surface area contributed by atoms with Gasteiger partial charge in [-0.15, -0.1) is 21.5 Å². The van der Waals surface area contributed by atoms with Gasteiger partial charge in [0.15, 0.2) is 0 Å². The monoisotopic (exact) mass is 383 g/mol. The van der Waals surface area contributed by atoms with Gasteiger partial charge in [0.05, 0.1) is 11.3 Å². The number of hydrogen-bond acceptors (Lipinski definition) is 7. The van der Waals surface area contributed by atoms with Crippen LogP contribution in [0.1, 0.15) is 17.1 Å². The summed E-state index contributed by atoms with van der Waals surface area (Å²) in [6, 6.07) is 2.16. The van der Waals surface area contributed by atoms with Crippen LogP contribution in [0.3, 0.4) is 0 Å². The summed E-state index contributed by atoms with van der Waals surface area (Å²) in [6.07, 6.45) is 5.06. The van der Waals surface area contributed by atoms with Crippen molar-refractivity contribution in [3.8, 4) is 0 Å². The Balaban J connectivity index is 1.27. The number of aromatic nitrogens is 5. The average molecular weight is 383 g/mol. The smallest absolute Gasteiger partial charge is 0.227 e. The highest BCUT2D eigenvalue weighted by atomic mass is 32.1. The molecule has 5 rings (SSSR count). The van der Waals surface area contributed by atoms with E-state index in [9.17, 15) is 4.79 Å². The van der Waals surface area contributed by atoms with E-state index in [1.165, 1.54) is 4.88 Å². The largest absolute Gasteiger partial charge is 0.352 e. The Morgan fingerprint density at radius 1 is 1.22 bits per heavy atom. The normalized spacial score (nSPS) is 20.1. The molecule has 3 aromatic rings. The third kappa shape index (κ3) is 2.95. The van der Waals surface area contributed by atoms with E-state index in [0.717, 1.165) is 60.9 Å². The topological polar surface area (TPSA) is 80.0 Å². The van der Waals surface area contributed by atoms with Crippen LogP contribution in [0.25, 0.3) is 10.2 Å². The first-order valence-electron chi connectivity index (χ1n) is 9.30. The quantitative estimate of drug-likeness (QED) is 0.667. The first-order valence-corrected chi connectivity index (χ1v) is 10.1. The summed E-state index contributed by atoms with van der Waals surface area (Å²) in [5.41, 5.74) is 0. The number of piperazine rings is 1. The molecular formula is C18H21N7OS. The van der Waals surface area contributed by atoms with E-state index in [1.54, 1.807) is 24.0 Å². The van der Waals surface area contributed by atoms with E-state index < -0.39 is 0 Å². The molecule has 0 radical (unpaired) electrons. The van der Waals surface area contributed by atoms with Gasteiger partial charge in [-0.3, -0.25) is 4.79 Å². The van der Waals surface area contributed by atoms with Gasteiger partial charge in [0.2, 0.25) is 5.91 Å². The molecule has 1 saturated heterocycles. The van der Waals surface area contributed by atoms with Crippen LogP contribution in [0.2, 0.25) is 0 Å². The van der Waals surface area contributed by atoms with Crippen molar-refractivity contribution in [2.45, 2.75) is 26.3 Å². The molecule has 1 amide bonds. The fourth-order valence-electron chi connectivity index (χ4n) is 4.07. The van der Waals surface area contributed by atoms with Crippen LogP contribution in [0.4, 0.5) is 5.82 Å². The second kappa shape index (κ2) is 6.56. The van der Waals surface area contributed by atoms with Crippen molar-refractivity contribution in [3.63, 3.8) is 0 Å². The van der Waals surface area contributed by atoms with Crippen molar-refractivity contribution in [3.05, 3.63) is 29.4 Å². The zero-order valence-corrected chi connectivity index (χ0v) is 16.0. The molecule has 0 saturated carbocycles. The summed E-state index contributed by atoms with van der Waals surface area (Å²) < 4.78 is 2.01. The minimum Gasteiger partial charge on any atom is -0.352 e. The molecule has 2 aliphatic heterocycles. The molecular weight excluding hydrogens is 362 g/mol. The van der Waals surface area contributed by atoms with E-state index in [1.807, 2.05) is 9.47 Å². The fourth-order valence-corrected chi connectivity index (χ4v) is 4.91. The van der Waals surface area contributed by atoms with Crippen molar-refractivity contribution in [1.82, 2.24) is 29.6 Å². The number of anilines is 1. The van der Waals surface area contributed by atoms with Crippen LogP contribution in [0.15, 0.2) is 18.7 Å². The van der Waals surface area contributed by atoms with E-state index in [2.05, 4.69) is 38.1 Å². The lowest BCUT2D eigenvalue weighted by Crippen LogP contribution is -2.51. The molecule has 0 aromatic carbocycles. The van der Waals surface area contributed by atoms with Gasteiger partial charge >= 0.3 is 0 Å². The molecule has 0 spiro atoms. The predicted octanol–water partition coefficient (Wildman–Crippen LogP) is 1.50. The molecule has 0 aliphatic carbocycles. The lowest BCUT2D eigenvalue weighted by Gasteiger charge is -2.37. The van der Waals surface area contributed by atoms with Crippen molar-refractivity contribution < 1.29 is 4.79 Å². The number of hydrogen-bond donors (Lipinski definition) is 0. The first kappa shape index (κ1) is 16.6. The van der Waals surface area contributed by atoms with Gasteiger partial charge < -0.3 is 14.4 Å². The lowest BCUT2D eigenvalue weighted by molar-refractivity contribution is -0.136. The Hall–Kier alpha value is -2.55. The van der Waals surface area contributed by atoms with Crippen LogP contribution in [-0.4, -0.2) is 61.7 Å². The van der Waals surface area contributed by atoms with Crippen LogP contribution in [0.5, 0.6) is 0 Å². The number of nitrogens with zero attached hydrogens (tertiary/aromatic N) is 7. The number of carbonyl (C=O) groups is 1.